The van der Waals surface area contributed by atoms with Gasteiger partial charge in [-0.1, -0.05) is 0 Å². The standard InChI is InChI=1S/C6H8N2S2/c7-5-3(9)1-2-4(10)6(5)8/h1-2,9-10H,7-8H2. The van der Waals surface area contributed by atoms with Gasteiger partial charge in [0.25, 0.3) is 0 Å². The van der Waals surface area contributed by atoms with Crippen molar-refractivity contribution < 1.29 is 0 Å². The van der Waals surface area contributed by atoms with E-state index in [0.717, 1.165) is 0 Å². The highest BCUT2D eigenvalue weighted by Crippen LogP contribution is 2.28. The molecule has 0 saturated heterocycles. The van der Waals surface area contributed by atoms with Gasteiger partial charge < -0.3 is 11.5 Å². The molecule has 0 heterocycles. The van der Waals surface area contributed by atoms with E-state index in [1.54, 1.807) is 12.1 Å². The SMILES string of the molecule is Nc1c(S)ccc(S)c1N. The van der Waals surface area contributed by atoms with Crippen molar-refractivity contribution in [2.45, 2.75) is 9.79 Å². The van der Waals surface area contributed by atoms with Gasteiger partial charge in [0, 0.05) is 9.79 Å². The molecule has 0 saturated carbocycles. The summed E-state index contributed by atoms with van der Waals surface area (Å²) in [6.07, 6.45) is 0. The van der Waals surface area contributed by atoms with Crippen molar-refractivity contribution in [2.75, 3.05) is 11.5 Å². The molecule has 0 aliphatic heterocycles. The van der Waals surface area contributed by atoms with Crippen LogP contribution in [0, 0.1) is 0 Å². The van der Waals surface area contributed by atoms with Gasteiger partial charge in [-0.2, -0.15) is 0 Å². The average molecular weight is 172 g/mol. The summed E-state index contributed by atoms with van der Waals surface area (Å²) in [7, 11) is 0. The summed E-state index contributed by atoms with van der Waals surface area (Å²) in [4.78, 5) is 1.38. The third-order valence-electron chi connectivity index (χ3n) is 1.24. The molecule has 54 valence electrons. The fourth-order valence-electron chi connectivity index (χ4n) is 0.613. The molecule has 10 heavy (non-hydrogen) atoms. The first-order chi connectivity index (χ1) is 4.63. The first-order valence-corrected chi connectivity index (χ1v) is 3.58. The van der Waals surface area contributed by atoms with Crippen LogP contribution in [0.4, 0.5) is 11.4 Å². The molecular formula is C6H8N2S2. The second kappa shape index (κ2) is 2.64. The van der Waals surface area contributed by atoms with Crippen LogP contribution in [0.1, 0.15) is 0 Å². The Morgan fingerprint density at radius 2 is 1.20 bits per heavy atom. The van der Waals surface area contributed by atoms with Crippen LogP contribution in [0.2, 0.25) is 0 Å². The Morgan fingerprint density at radius 1 is 0.900 bits per heavy atom. The minimum absolute atomic E-state index is 0.496. The molecule has 0 atom stereocenters. The van der Waals surface area contributed by atoms with Crippen molar-refractivity contribution in [3.8, 4) is 0 Å². The van der Waals surface area contributed by atoms with Crippen molar-refractivity contribution in [1.29, 1.82) is 0 Å². The Morgan fingerprint density at radius 3 is 1.50 bits per heavy atom. The molecule has 1 aromatic rings. The lowest BCUT2D eigenvalue weighted by Crippen LogP contribution is -1.96. The zero-order valence-electron chi connectivity index (χ0n) is 5.20. The lowest BCUT2D eigenvalue weighted by Gasteiger charge is -2.04. The van der Waals surface area contributed by atoms with Crippen LogP contribution in [0.15, 0.2) is 21.9 Å². The topological polar surface area (TPSA) is 52.0 Å². The summed E-state index contributed by atoms with van der Waals surface area (Å²) in [5.74, 6) is 0. The van der Waals surface area contributed by atoms with Crippen LogP contribution >= 0.6 is 25.3 Å². The molecule has 0 unspecified atom stereocenters. The van der Waals surface area contributed by atoms with Crippen LogP contribution in [0.5, 0.6) is 0 Å². The Hall–Kier alpha value is -0.480. The van der Waals surface area contributed by atoms with Crippen molar-refractivity contribution in [2.24, 2.45) is 0 Å². The van der Waals surface area contributed by atoms with E-state index in [9.17, 15) is 0 Å². The molecule has 0 bridgehead atoms. The molecule has 0 radical (unpaired) electrons. The first kappa shape index (κ1) is 7.63. The zero-order valence-corrected chi connectivity index (χ0v) is 6.99. The normalized spacial score (nSPS) is 9.80. The van der Waals surface area contributed by atoms with Crippen LogP contribution in [-0.4, -0.2) is 0 Å². The summed E-state index contributed by atoms with van der Waals surface area (Å²) in [6, 6.07) is 3.52. The van der Waals surface area contributed by atoms with Gasteiger partial charge in [-0.3, -0.25) is 0 Å². The molecule has 0 amide bonds. The zero-order chi connectivity index (χ0) is 7.72. The molecular weight excluding hydrogens is 164 g/mol. The first-order valence-electron chi connectivity index (χ1n) is 2.69. The molecule has 0 aliphatic carbocycles. The maximum Gasteiger partial charge on any atom is 0.0694 e. The number of hydrogen-bond acceptors (Lipinski definition) is 4. The minimum atomic E-state index is 0.496. The van der Waals surface area contributed by atoms with Gasteiger partial charge in [0.05, 0.1) is 11.4 Å². The van der Waals surface area contributed by atoms with E-state index in [4.69, 9.17) is 11.5 Å². The van der Waals surface area contributed by atoms with Crippen LogP contribution in [-0.2, 0) is 0 Å². The third kappa shape index (κ3) is 1.17. The van der Waals surface area contributed by atoms with Crippen molar-refractivity contribution >= 4 is 36.6 Å². The average Bonchev–Trinajstić information content (AvgIpc) is 1.93. The van der Waals surface area contributed by atoms with E-state index in [0.29, 0.717) is 21.2 Å². The molecule has 1 rings (SSSR count). The smallest absolute Gasteiger partial charge is 0.0694 e. The lowest BCUT2D eigenvalue weighted by atomic mass is 10.3. The summed E-state index contributed by atoms with van der Waals surface area (Å²) in [5.41, 5.74) is 12.1. The number of thiol groups is 2. The molecule has 4 N–H and O–H groups in total. The molecule has 0 spiro atoms. The lowest BCUT2D eigenvalue weighted by molar-refractivity contribution is 1.38. The van der Waals surface area contributed by atoms with Gasteiger partial charge in [0.2, 0.25) is 0 Å². The Labute approximate surface area is 70.4 Å². The number of nitrogen functional groups attached to an aromatic ring is 2. The number of hydrogen-bond donors (Lipinski definition) is 4. The van der Waals surface area contributed by atoms with Gasteiger partial charge in [-0.15, -0.1) is 25.3 Å². The monoisotopic (exact) mass is 172 g/mol. The van der Waals surface area contributed by atoms with E-state index in [1.165, 1.54) is 0 Å². The van der Waals surface area contributed by atoms with E-state index < -0.39 is 0 Å². The van der Waals surface area contributed by atoms with Crippen LogP contribution in [0.25, 0.3) is 0 Å². The predicted molar refractivity (Wildman–Crippen MR) is 49.8 cm³/mol. The Kier molecular flexibility index (Phi) is 2.01. The predicted octanol–water partition coefficient (Wildman–Crippen LogP) is 1.43. The fourth-order valence-corrected chi connectivity index (χ4v) is 1.00. The van der Waals surface area contributed by atoms with Gasteiger partial charge in [-0.05, 0) is 12.1 Å². The number of rotatable bonds is 0. The van der Waals surface area contributed by atoms with Crippen molar-refractivity contribution in [3.63, 3.8) is 0 Å². The quantitative estimate of drug-likeness (QED) is 0.353. The minimum Gasteiger partial charge on any atom is -0.396 e. The molecule has 1 aromatic carbocycles. The number of nitrogens with two attached hydrogens (primary N) is 2. The Bertz CT molecular complexity index is 233. The van der Waals surface area contributed by atoms with Gasteiger partial charge >= 0.3 is 0 Å². The van der Waals surface area contributed by atoms with Crippen molar-refractivity contribution in [1.82, 2.24) is 0 Å². The van der Waals surface area contributed by atoms with Crippen molar-refractivity contribution in [3.05, 3.63) is 12.1 Å². The van der Waals surface area contributed by atoms with Gasteiger partial charge in [0.1, 0.15) is 0 Å². The summed E-state index contributed by atoms with van der Waals surface area (Å²) >= 11 is 8.15. The number of anilines is 2. The van der Waals surface area contributed by atoms with Gasteiger partial charge in [0.15, 0.2) is 0 Å². The maximum atomic E-state index is 5.53. The van der Waals surface area contributed by atoms with Gasteiger partial charge in [-0.25, -0.2) is 0 Å². The highest BCUT2D eigenvalue weighted by atomic mass is 32.1. The fraction of sp³-hybridized carbons (Fsp3) is 0. The maximum absolute atomic E-state index is 5.53. The summed E-state index contributed by atoms with van der Waals surface area (Å²) in [6.45, 7) is 0. The molecule has 0 fully saturated rings. The van der Waals surface area contributed by atoms with E-state index in [2.05, 4.69) is 25.3 Å². The second-order valence-electron chi connectivity index (χ2n) is 1.93. The molecule has 4 heteroatoms. The van der Waals surface area contributed by atoms with Crippen LogP contribution in [0.3, 0.4) is 0 Å². The van der Waals surface area contributed by atoms with E-state index >= 15 is 0 Å². The summed E-state index contributed by atoms with van der Waals surface area (Å²) < 4.78 is 0. The molecule has 0 aliphatic rings. The van der Waals surface area contributed by atoms with E-state index in [-0.39, 0.29) is 0 Å². The Balaban J connectivity index is 3.34. The highest BCUT2D eigenvalue weighted by molar-refractivity contribution is 7.81. The third-order valence-corrected chi connectivity index (χ3v) is 2.02. The molecule has 2 nitrogen and oxygen atoms in total. The highest BCUT2D eigenvalue weighted by Gasteiger charge is 2.00. The number of benzene rings is 1. The van der Waals surface area contributed by atoms with Crippen LogP contribution < -0.4 is 11.5 Å². The largest absolute Gasteiger partial charge is 0.396 e. The summed E-state index contributed by atoms with van der Waals surface area (Å²) in [5, 5.41) is 0. The van der Waals surface area contributed by atoms with E-state index in [1.807, 2.05) is 0 Å². The second-order valence-corrected chi connectivity index (χ2v) is 2.89. The molecule has 0 aromatic heterocycles.